The molecule has 9 nitrogen and oxygen atoms in total. The average Bonchev–Trinajstić information content (AvgIpc) is 3.25. The van der Waals surface area contributed by atoms with E-state index in [1.54, 1.807) is 65.7 Å². The first-order valence-electron chi connectivity index (χ1n) is 12.7. The fraction of sp³-hybridized carbons (Fsp3) is 0.345. The Morgan fingerprint density at radius 3 is 2.42 bits per heavy atom. The van der Waals surface area contributed by atoms with Crippen molar-refractivity contribution >= 4 is 39.3 Å². The summed E-state index contributed by atoms with van der Waals surface area (Å²) in [5.74, 6) is 1.61. The molecule has 0 fully saturated rings. The molecule has 1 atom stereocenters. The third-order valence-electron chi connectivity index (χ3n) is 6.38. The molecule has 40 heavy (non-hydrogen) atoms. The van der Waals surface area contributed by atoms with Gasteiger partial charge in [0.05, 0.1) is 55.3 Å². The van der Waals surface area contributed by atoms with E-state index in [-0.39, 0.29) is 12.2 Å². The molecule has 2 aromatic carbocycles. The fourth-order valence-electron chi connectivity index (χ4n) is 4.64. The van der Waals surface area contributed by atoms with Crippen molar-refractivity contribution < 1.29 is 28.5 Å². The van der Waals surface area contributed by atoms with E-state index in [0.29, 0.717) is 60.1 Å². The summed E-state index contributed by atoms with van der Waals surface area (Å²) >= 11 is 4.76. The van der Waals surface area contributed by atoms with Gasteiger partial charge in [-0.25, -0.2) is 9.79 Å². The standard InChI is InChI=1S/C29H31BrN2O7S/c1-7-9-20-24(28(34)39-8-2)25(18-15-17(35-3)10-11-21(18)36-4)32-27(33)23(40-29(32)31-20)14-16-12-19(30)26(38-6)22(13-16)37-5/h10-15,25H,7-9H2,1-6H3. The Hall–Kier alpha value is -3.57. The molecule has 1 aromatic heterocycles. The Labute approximate surface area is 244 Å². The predicted molar refractivity (Wildman–Crippen MR) is 156 cm³/mol. The van der Waals surface area contributed by atoms with Crippen LogP contribution in [0.3, 0.4) is 0 Å². The highest BCUT2D eigenvalue weighted by Gasteiger charge is 2.36. The summed E-state index contributed by atoms with van der Waals surface area (Å²) in [6, 6.07) is 8.10. The van der Waals surface area contributed by atoms with Crippen LogP contribution in [0.1, 0.15) is 43.9 Å². The van der Waals surface area contributed by atoms with Gasteiger partial charge in [0.25, 0.3) is 5.56 Å². The first-order valence-corrected chi connectivity index (χ1v) is 14.3. The first-order chi connectivity index (χ1) is 19.3. The summed E-state index contributed by atoms with van der Waals surface area (Å²) in [6.07, 6.45) is 3.05. The number of halogens is 1. The van der Waals surface area contributed by atoms with E-state index in [0.717, 1.165) is 12.0 Å². The predicted octanol–water partition coefficient (Wildman–Crippen LogP) is 4.38. The molecule has 212 valence electrons. The van der Waals surface area contributed by atoms with Gasteiger partial charge in [-0.1, -0.05) is 24.7 Å². The highest BCUT2D eigenvalue weighted by atomic mass is 79.9. The van der Waals surface area contributed by atoms with Crippen LogP contribution in [0.15, 0.2) is 55.9 Å². The molecule has 1 unspecified atom stereocenters. The average molecular weight is 632 g/mol. The third-order valence-corrected chi connectivity index (χ3v) is 7.95. The lowest BCUT2D eigenvalue weighted by Gasteiger charge is -2.27. The summed E-state index contributed by atoms with van der Waals surface area (Å²) in [4.78, 5) is 32.8. The quantitative estimate of drug-likeness (QED) is 0.307. The number of ether oxygens (including phenoxy) is 5. The van der Waals surface area contributed by atoms with Crippen LogP contribution in [0.4, 0.5) is 0 Å². The number of hydrogen-bond donors (Lipinski definition) is 0. The summed E-state index contributed by atoms with van der Waals surface area (Å²) in [7, 11) is 6.21. The number of carbonyl (C=O) groups excluding carboxylic acids is 1. The normalized spacial score (nSPS) is 14.9. The van der Waals surface area contributed by atoms with Gasteiger partial charge in [-0.15, -0.1) is 0 Å². The van der Waals surface area contributed by atoms with Crippen molar-refractivity contribution in [2.45, 2.75) is 32.7 Å². The molecular formula is C29H31BrN2O7S. The maximum absolute atomic E-state index is 14.1. The number of nitrogens with zero attached hydrogens (tertiary/aromatic N) is 2. The van der Waals surface area contributed by atoms with Crippen molar-refractivity contribution in [3.8, 4) is 23.0 Å². The van der Waals surface area contributed by atoms with E-state index in [9.17, 15) is 9.59 Å². The molecule has 0 radical (unpaired) electrons. The highest BCUT2D eigenvalue weighted by Crippen LogP contribution is 2.39. The van der Waals surface area contributed by atoms with Crippen molar-refractivity contribution in [2.75, 3.05) is 35.0 Å². The molecule has 0 N–H and O–H groups in total. The Morgan fingerprint density at radius 1 is 1.05 bits per heavy atom. The van der Waals surface area contributed by atoms with E-state index in [1.807, 2.05) is 13.0 Å². The molecule has 4 rings (SSSR count). The number of hydrogen-bond acceptors (Lipinski definition) is 9. The zero-order chi connectivity index (χ0) is 29.0. The second-order valence-electron chi connectivity index (χ2n) is 8.76. The highest BCUT2D eigenvalue weighted by molar-refractivity contribution is 9.10. The largest absolute Gasteiger partial charge is 0.497 e. The summed E-state index contributed by atoms with van der Waals surface area (Å²) in [5, 5.41) is 0. The minimum absolute atomic E-state index is 0.183. The number of carbonyl (C=O) groups is 1. The third kappa shape index (κ3) is 5.53. The van der Waals surface area contributed by atoms with Gasteiger partial charge in [0.2, 0.25) is 0 Å². The maximum Gasteiger partial charge on any atom is 0.338 e. The number of thiazole rings is 1. The minimum Gasteiger partial charge on any atom is -0.497 e. The SMILES string of the molecule is CCCC1=C(C(=O)OCC)C(c2cc(OC)ccc2OC)n2c(sc(=Cc3cc(Br)c(OC)c(OC)c3)c2=O)=N1. The molecule has 0 spiro atoms. The molecule has 0 saturated carbocycles. The topological polar surface area (TPSA) is 97.6 Å². The van der Waals surface area contributed by atoms with Gasteiger partial charge < -0.3 is 23.7 Å². The molecule has 0 amide bonds. The number of rotatable bonds is 10. The van der Waals surface area contributed by atoms with Crippen LogP contribution in [0, 0.1) is 0 Å². The number of esters is 1. The summed E-state index contributed by atoms with van der Waals surface area (Å²) < 4.78 is 30.2. The van der Waals surface area contributed by atoms with Gasteiger partial charge in [0.1, 0.15) is 17.5 Å². The van der Waals surface area contributed by atoms with Crippen LogP contribution in [0.2, 0.25) is 0 Å². The molecule has 0 aliphatic carbocycles. The second-order valence-corrected chi connectivity index (χ2v) is 10.6. The number of methoxy groups -OCH3 is 4. The van der Waals surface area contributed by atoms with Gasteiger partial charge >= 0.3 is 5.97 Å². The van der Waals surface area contributed by atoms with Crippen LogP contribution in [-0.2, 0) is 9.53 Å². The number of aromatic nitrogens is 1. The smallest absolute Gasteiger partial charge is 0.338 e. The number of fused-ring (bicyclic) bond motifs is 1. The Bertz CT molecular complexity index is 1640. The lowest BCUT2D eigenvalue weighted by Crippen LogP contribution is -2.40. The molecule has 0 bridgehead atoms. The van der Waals surface area contributed by atoms with Crippen molar-refractivity contribution in [2.24, 2.45) is 4.99 Å². The van der Waals surface area contributed by atoms with Gasteiger partial charge in [0, 0.05) is 5.56 Å². The fourth-order valence-corrected chi connectivity index (χ4v) is 6.28. The van der Waals surface area contributed by atoms with Crippen molar-refractivity contribution in [1.29, 1.82) is 0 Å². The molecular weight excluding hydrogens is 600 g/mol. The molecule has 2 heterocycles. The minimum atomic E-state index is -0.832. The molecule has 3 aromatic rings. The molecule has 11 heteroatoms. The van der Waals surface area contributed by atoms with E-state index < -0.39 is 12.0 Å². The van der Waals surface area contributed by atoms with Gasteiger partial charge in [-0.3, -0.25) is 9.36 Å². The van der Waals surface area contributed by atoms with Crippen LogP contribution in [0.5, 0.6) is 23.0 Å². The zero-order valence-electron chi connectivity index (χ0n) is 23.2. The Kier molecular flexibility index (Phi) is 9.36. The maximum atomic E-state index is 14.1. The first kappa shape index (κ1) is 29.4. The number of allylic oxidation sites excluding steroid dienone is 1. The number of benzene rings is 2. The van der Waals surface area contributed by atoms with Crippen LogP contribution in [-0.4, -0.2) is 45.6 Å². The summed E-state index contributed by atoms with van der Waals surface area (Å²) in [6.45, 7) is 3.94. The van der Waals surface area contributed by atoms with Crippen molar-refractivity contribution in [3.05, 3.63) is 76.9 Å². The molecule has 1 aliphatic heterocycles. The van der Waals surface area contributed by atoms with E-state index in [1.165, 1.54) is 15.9 Å². The van der Waals surface area contributed by atoms with E-state index >= 15 is 0 Å². The van der Waals surface area contributed by atoms with Crippen LogP contribution >= 0.6 is 27.3 Å². The van der Waals surface area contributed by atoms with Gasteiger partial charge in [0.15, 0.2) is 16.3 Å². The van der Waals surface area contributed by atoms with Crippen molar-refractivity contribution in [3.63, 3.8) is 0 Å². The van der Waals surface area contributed by atoms with Crippen LogP contribution in [0.25, 0.3) is 6.08 Å². The zero-order valence-corrected chi connectivity index (χ0v) is 25.6. The Balaban J connectivity index is 2.05. The monoisotopic (exact) mass is 630 g/mol. The lowest BCUT2D eigenvalue weighted by atomic mass is 9.93. The molecule has 1 aliphatic rings. The lowest BCUT2D eigenvalue weighted by molar-refractivity contribution is -0.139. The second kappa shape index (κ2) is 12.7. The van der Waals surface area contributed by atoms with E-state index in [2.05, 4.69) is 15.9 Å². The Morgan fingerprint density at radius 2 is 1.80 bits per heavy atom. The summed E-state index contributed by atoms with van der Waals surface area (Å²) in [5.41, 5.74) is 1.90. The molecule has 0 saturated heterocycles. The van der Waals surface area contributed by atoms with Gasteiger partial charge in [-0.05, 0) is 71.2 Å². The van der Waals surface area contributed by atoms with Gasteiger partial charge in [-0.2, -0.15) is 0 Å². The van der Waals surface area contributed by atoms with Crippen LogP contribution < -0.4 is 33.8 Å². The van der Waals surface area contributed by atoms with E-state index in [4.69, 9.17) is 28.7 Å². The van der Waals surface area contributed by atoms with Crippen molar-refractivity contribution in [1.82, 2.24) is 4.57 Å².